The number of urea groups is 1. The highest BCUT2D eigenvalue weighted by atomic mass is 16.2. The van der Waals surface area contributed by atoms with Crippen LogP contribution in [0.2, 0.25) is 0 Å². The summed E-state index contributed by atoms with van der Waals surface area (Å²) >= 11 is 0. The molecule has 1 aliphatic carbocycles. The van der Waals surface area contributed by atoms with Gasteiger partial charge in [-0.3, -0.25) is 4.79 Å². The lowest BCUT2D eigenvalue weighted by molar-refractivity contribution is -0.134. The molecule has 5 heteroatoms. The summed E-state index contributed by atoms with van der Waals surface area (Å²) in [5, 5.41) is 5.63. The smallest absolute Gasteiger partial charge is 0.315 e. The highest BCUT2D eigenvalue weighted by Crippen LogP contribution is 2.27. The van der Waals surface area contributed by atoms with Crippen molar-refractivity contribution in [2.45, 2.75) is 45.1 Å². The lowest BCUT2D eigenvalue weighted by Crippen LogP contribution is -2.44. The van der Waals surface area contributed by atoms with E-state index in [2.05, 4.69) is 10.6 Å². The quantitative estimate of drug-likeness (QED) is 0.791. The third kappa shape index (κ3) is 3.15. The third-order valence-corrected chi connectivity index (χ3v) is 3.88. The van der Waals surface area contributed by atoms with E-state index in [1.807, 2.05) is 11.8 Å². The normalized spacial score (nSPS) is 24.3. The van der Waals surface area contributed by atoms with Gasteiger partial charge in [-0.15, -0.1) is 0 Å². The minimum atomic E-state index is -0.127. The minimum absolute atomic E-state index is 0.113. The Bertz CT molecular complexity index is 313. The van der Waals surface area contributed by atoms with E-state index in [9.17, 15) is 9.59 Å². The zero-order valence-corrected chi connectivity index (χ0v) is 11.1. The van der Waals surface area contributed by atoms with Gasteiger partial charge >= 0.3 is 6.03 Å². The van der Waals surface area contributed by atoms with Crippen LogP contribution < -0.4 is 10.6 Å². The summed E-state index contributed by atoms with van der Waals surface area (Å²) in [5.41, 5.74) is 0. The molecule has 1 saturated heterocycles. The first-order valence-corrected chi connectivity index (χ1v) is 7.04. The largest absolute Gasteiger partial charge is 0.340 e. The molecule has 1 saturated carbocycles. The Balaban J connectivity index is 1.77. The number of hydrogen-bond acceptors (Lipinski definition) is 2. The van der Waals surface area contributed by atoms with E-state index >= 15 is 0 Å². The van der Waals surface area contributed by atoms with Crippen molar-refractivity contribution in [1.29, 1.82) is 0 Å². The summed E-state index contributed by atoms with van der Waals surface area (Å²) in [5.74, 6) is 0.543. The molecule has 102 valence electrons. The van der Waals surface area contributed by atoms with Gasteiger partial charge < -0.3 is 15.5 Å². The van der Waals surface area contributed by atoms with Crippen LogP contribution in [0.3, 0.4) is 0 Å². The minimum Gasteiger partial charge on any atom is -0.340 e. The second-order valence-electron chi connectivity index (χ2n) is 5.26. The molecule has 2 aliphatic rings. The fourth-order valence-corrected chi connectivity index (χ4v) is 2.91. The summed E-state index contributed by atoms with van der Waals surface area (Å²) in [6, 6.07) is -0.0143. The van der Waals surface area contributed by atoms with Crippen LogP contribution >= 0.6 is 0 Å². The van der Waals surface area contributed by atoms with Crippen LogP contribution in [0.15, 0.2) is 0 Å². The molecule has 0 unspecified atom stereocenters. The standard InChI is InChI=1S/C13H23N3O2/c1-2-14-13(18)15-11-7-8-16(9-11)12(17)10-5-3-4-6-10/h10-11H,2-9H2,1H3,(H2,14,15,18)/t11-/m0/s1. The van der Waals surface area contributed by atoms with Crippen LogP contribution in [0, 0.1) is 5.92 Å². The van der Waals surface area contributed by atoms with Gasteiger partial charge in [0.15, 0.2) is 0 Å². The van der Waals surface area contributed by atoms with E-state index in [-0.39, 0.29) is 18.0 Å². The summed E-state index contributed by atoms with van der Waals surface area (Å²) < 4.78 is 0. The Morgan fingerprint density at radius 3 is 2.61 bits per heavy atom. The van der Waals surface area contributed by atoms with E-state index in [4.69, 9.17) is 0 Å². The lowest BCUT2D eigenvalue weighted by Gasteiger charge is -2.20. The first-order chi connectivity index (χ1) is 8.70. The van der Waals surface area contributed by atoms with E-state index in [0.29, 0.717) is 19.0 Å². The van der Waals surface area contributed by atoms with Crippen molar-refractivity contribution < 1.29 is 9.59 Å². The number of carbonyl (C=O) groups excluding carboxylic acids is 2. The highest BCUT2D eigenvalue weighted by Gasteiger charge is 2.32. The summed E-state index contributed by atoms with van der Waals surface area (Å²) in [7, 11) is 0. The molecule has 3 amide bonds. The molecule has 0 aromatic heterocycles. The van der Waals surface area contributed by atoms with E-state index in [1.54, 1.807) is 0 Å². The van der Waals surface area contributed by atoms with Gasteiger partial charge in [0.2, 0.25) is 5.91 Å². The Morgan fingerprint density at radius 1 is 1.22 bits per heavy atom. The molecule has 18 heavy (non-hydrogen) atoms. The SMILES string of the molecule is CCNC(=O)N[C@H]1CCN(C(=O)C2CCCC2)C1. The Morgan fingerprint density at radius 2 is 1.94 bits per heavy atom. The van der Waals surface area contributed by atoms with E-state index in [0.717, 1.165) is 25.8 Å². The van der Waals surface area contributed by atoms with Gasteiger partial charge in [0.05, 0.1) is 0 Å². The molecule has 2 N–H and O–H groups in total. The number of nitrogens with one attached hydrogen (secondary N) is 2. The number of likely N-dealkylation sites (tertiary alicyclic amines) is 1. The van der Waals surface area contributed by atoms with Gasteiger partial charge in [-0.05, 0) is 26.2 Å². The summed E-state index contributed by atoms with van der Waals surface area (Å²) in [4.78, 5) is 25.5. The van der Waals surface area contributed by atoms with Crippen molar-refractivity contribution >= 4 is 11.9 Å². The molecule has 0 bridgehead atoms. The zero-order chi connectivity index (χ0) is 13.0. The van der Waals surface area contributed by atoms with Gasteiger partial charge in [0.25, 0.3) is 0 Å². The van der Waals surface area contributed by atoms with Crippen molar-refractivity contribution in [1.82, 2.24) is 15.5 Å². The highest BCUT2D eigenvalue weighted by molar-refractivity contribution is 5.80. The predicted molar refractivity (Wildman–Crippen MR) is 69.2 cm³/mol. The molecule has 2 fully saturated rings. The molecule has 0 aromatic carbocycles. The monoisotopic (exact) mass is 253 g/mol. The molecular weight excluding hydrogens is 230 g/mol. The first kappa shape index (κ1) is 13.2. The van der Waals surface area contributed by atoms with Crippen molar-refractivity contribution in [2.24, 2.45) is 5.92 Å². The second kappa shape index (κ2) is 6.07. The van der Waals surface area contributed by atoms with Crippen LogP contribution in [0.4, 0.5) is 4.79 Å². The summed E-state index contributed by atoms with van der Waals surface area (Å²) in [6.45, 7) is 3.98. The molecular formula is C13H23N3O2. The zero-order valence-electron chi connectivity index (χ0n) is 11.1. The Labute approximate surface area is 108 Å². The maximum Gasteiger partial charge on any atom is 0.315 e. The third-order valence-electron chi connectivity index (χ3n) is 3.88. The van der Waals surface area contributed by atoms with Crippen LogP contribution in [0.1, 0.15) is 39.0 Å². The summed E-state index contributed by atoms with van der Waals surface area (Å²) in [6.07, 6.45) is 5.33. The van der Waals surface area contributed by atoms with Crippen LogP contribution in [-0.4, -0.2) is 42.5 Å². The average Bonchev–Trinajstić information content (AvgIpc) is 2.98. The molecule has 0 radical (unpaired) electrons. The van der Waals surface area contributed by atoms with Crippen LogP contribution in [-0.2, 0) is 4.79 Å². The fraction of sp³-hybridized carbons (Fsp3) is 0.846. The fourth-order valence-electron chi connectivity index (χ4n) is 2.91. The molecule has 1 atom stereocenters. The van der Waals surface area contributed by atoms with Crippen molar-refractivity contribution in [3.8, 4) is 0 Å². The topological polar surface area (TPSA) is 61.4 Å². The maximum atomic E-state index is 12.2. The number of carbonyl (C=O) groups is 2. The van der Waals surface area contributed by atoms with E-state index in [1.165, 1.54) is 12.8 Å². The average molecular weight is 253 g/mol. The predicted octanol–water partition coefficient (Wildman–Crippen LogP) is 1.10. The van der Waals surface area contributed by atoms with Crippen molar-refractivity contribution in [3.63, 3.8) is 0 Å². The van der Waals surface area contributed by atoms with Gasteiger partial charge in [-0.1, -0.05) is 12.8 Å². The Hall–Kier alpha value is -1.26. The molecule has 1 aliphatic heterocycles. The second-order valence-corrected chi connectivity index (χ2v) is 5.26. The molecule has 5 nitrogen and oxygen atoms in total. The maximum absolute atomic E-state index is 12.2. The molecule has 0 aromatic rings. The Kier molecular flexibility index (Phi) is 4.44. The lowest BCUT2D eigenvalue weighted by atomic mass is 10.1. The number of hydrogen-bond donors (Lipinski definition) is 2. The number of rotatable bonds is 3. The van der Waals surface area contributed by atoms with Gasteiger partial charge in [-0.25, -0.2) is 4.79 Å². The number of nitrogens with zero attached hydrogens (tertiary/aromatic N) is 1. The van der Waals surface area contributed by atoms with E-state index < -0.39 is 0 Å². The van der Waals surface area contributed by atoms with Crippen LogP contribution in [0.25, 0.3) is 0 Å². The van der Waals surface area contributed by atoms with Crippen molar-refractivity contribution in [3.05, 3.63) is 0 Å². The van der Waals surface area contributed by atoms with Crippen LogP contribution in [0.5, 0.6) is 0 Å². The molecule has 2 rings (SSSR count). The molecule has 1 heterocycles. The molecule has 0 spiro atoms. The first-order valence-electron chi connectivity index (χ1n) is 7.04. The van der Waals surface area contributed by atoms with Gasteiger partial charge in [0, 0.05) is 31.6 Å². The van der Waals surface area contributed by atoms with Gasteiger partial charge in [0.1, 0.15) is 0 Å². The van der Waals surface area contributed by atoms with Gasteiger partial charge in [-0.2, -0.15) is 0 Å². The van der Waals surface area contributed by atoms with Crippen molar-refractivity contribution in [2.75, 3.05) is 19.6 Å². The number of amides is 3.